The first-order valence-corrected chi connectivity index (χ1v) is 5.11. The van der Waals surface area contributed by atoms with Crippen LogP contribution in [-0.4, -0.2) is 15.5 Å². The fraction of sp³-hybridized carbons (Fsp3) is 0. The van der Waals surface area contributed by atoms with Crippen molar-refractivity contribution in [3.8, 4) is 5.69 Å². The third-order valence-electron chi connectivity index (χ3n) is 2.16. The molecule has 0 saturated carbocycles. The van der Waals surface area contributed by atoms with Crippen molar-refractivity contribution in [3.63, 3.8) is 0 Å². The lowest BCUT2D eigenvalue weighted by molar-refractivity contribution is 0.0993. The molecule has 0 unspecified atom stereocenters. The molecule has 5 nitrogen and oxygen atoms in total. The summed E-state index contributed by atoms with van der Waals surface area (Å²) >= 11 is 5.83. The van der Waals surface area contributed by atoms with Crippen molar-refractivity contribution in [1.29, 1.82) is 0 Å². The zero-order valence-electron chi connectivity index (χ0n) is 8.63. The van der Waals surface area contributed by atoms with Gasteiger partial charge in [0, 0.05) is 17.4 Å². The summed E-state index contributed by atoms with van der Waals surface area (Å²) in [6.45, 7) is 0. The van der Waals surface area contributed by atoms with Crippen molar-refractivity contribution >= 4 is 17.5 Å². The standard InChI is InChI=1S/C11H8ClN3O2/c12-7-2-1-3-8(6-7)15-5-4-14-9(10(13)16)11(15)17/h1-6H,(H2,13,16). The van der Waals surface area contributed by atoms with E-state index >= 15 is 0 Å². The van der Waals surface area contributed by atoms with Crippen LogP contribution >= 0.6 is 11.6 Å². The normalized spacial score (nSPS) is 10.2. The Balaban J connectivity index is 2.65. The van der Waals surface area contributed by atoms with Gasteiger partial charge in [-0.3, -0.25) is 14.2 Å². The molecule has 0 aliphatic heterocycles. The van der Waals surface area contributed by atoms with E-state index in [-0.39, 0.29) is 5.69 Å². The average Bonchev–Trinajstić information content (AvgIpc) is 2.29. The van der Waals surface area contributed by atoms with Gasteiger partial charge < -0.3 is 5.73 Å². The maximum Gasteiger partial charge on any atom is 0.286 e. The molecule has 0 aliphatic carbocycles. The minimum absolute atomic E-state index is 0.299. The molecule has 1 aromatic carbocycles. The molecule has 0 fully saturated rings. The van der Waals surface area contributed by atoms with Gasteiger partial charge in [0.2, 0.25) is 0 Å². The maximum absolute atomic E-state index is 11.9. The predicted molar refractivity (Wildman–Crippen MR) is 63.4 cm³/mol. The number of primary amides is 1. The lowest BCUT2D eigenvalue weighted by Crippen LogP contribution is -2.29. The molecule has 0 aliphatic rings. The number of hydrogen-bond acceptors (Lipinski definition) is 3. The molecule has 1 amide bonds. The van der Waals surface area contributed by atoms with Crippen LogP contribution in [0.25, 0.3) is 5.69 Å². The molecule has 86 valence electrons. The number of hydrogen-bond donors (Lipinski definition) is 1. The van der Waals surface area contributed by atoms with Crippen molar-refractivity contribution in [2.75, 3.05) is 0 Å². The van der Waals surface area contributed by atoms with E-state index in [2.05, 4.69) is 4.98 Å². The zero-order valence-corrected chi connectivity index (χ0v) is 9.39. The molecule has 0 bridgehead atoms. The lowest BCUT2D eigenvalue weighted by Gasteiger charge is -2.06. The molecule has 2 rings (SSSR count). The number of benzene rings is 1. The summed E-state index contributed by atoms with van der Waals surface area (Å²) < 4.78 is 1.26. The minimum Gasteiger partial charge on any atom is -0.364 e. The Morgan fingerprint density at radius 2 is 2.18 bits per heavy atom. The molecule has 17 heavy (non-hydrogen) atoms. The highest BCUT2D eigenvalue weighted by atomic mass is 35.5. The van der Waals surface area contributed by atoms with Gasteiger partial charge in [-0.25, -0.2) is 4.98 Å². The van der Waals surface area contributed by atoms with E-state index in [0.29, 0.717) is 10.7 Å². The Kier molecular flexibility index (Phi) is 2.93. The van der Waals surface area contributed by atoms with E-state index in [0.717, 1.165) is 0 Å². The van der Waals surface area contributed by atoms with Crippen molar-refractivity contribution in [2.45, 2.75) is 0 Å². The van der Waals surface area contributed by atoms with Gasteiger partial charge in [0.05, 0.1) is 5.69 Å². The van der Waals surface area contributed by atoms with Gasteiger partial charge in [-0.1, -0.05) is 17.7 Å². The van der Waals surface area contributed by atoms with Gasteiger partial charge in [-0.15, -0.1) is 0 Å². The minimum atomic E-state index is -0.855. The first kappa shape index (κ1) is 11.3. The van der Waals surface area contributed by atoms with Gasteiger partial charge in [0.15, 0.2) is 5.69 Å². The molecule has 6 heteroatoms. The maximum atomic E-state index is 11.9. The summed E-state index contributed by atoms with van der Waals surface area (Å²) in [5.41, 5.74) is 4.73. The van der Waals surface area contributed by atoms with Crippen LogP contribution in [0.5, 0.6) is 0 Å². The average molecular weight is 250 g/mol. The molecule has 1 heterocycles. The molecule has 0 spiro atoms. The van der Waals surface area contributed by atoms with Crippen LogP contribution in [0.3, 0.4) is 0 Å². The summed E-state index contributed by atoms with van der Waals surface area (Å²) in [5.74, 6) is -0.855. The highest BCUT2D eigenvalue weighted by Gasteiger charge is 2.11. The van der Waals surface area contributed by atoms with E-state index < -0.39 is 11.5 Å². The number of rotatable bonds is 2. The monoisotopic (exact) mass is 249 g/mol. The Labute approximate surface area is 101 Å². The first-order chi connectivity index (χ1) is 8.09. The summed E-state index contributed by atoms with van der Waals surface area (Å²) in [5, 5.41) is 0.492. The van der Waals surface area contributed by atoms with Crippen molar-refractivity contribution < 1.29 is 4.79 Å². The largest absolute Gasteiger partial charge is 0.364 e. The van der Waals surface area contributed by atoms with Crippen molar-refractivity contribution in [3.05, 3.63) is 57.7 Å². The molecule has 2 N–H and O–H groups in total. The van der Waals surface area contributed by atoms with E-state index in [1.165, 1.54) is 17.0 Å². The van der Waals surface area contributed by atoms with Gasteiger partial charge in [0.1, 0.15) is 0 Å². The van der Waals surface area contributed by atoms with Crippen LogP contribution in [0, 0.1) is 0 Å². The SMILES string of the molecule is NC(=O)c1nccn(-c2cccc(Cl)c2)c1=O. The number of halogens is 1. The zero-order chi connectivity index (χ0) is 12.4. The van der Waals surface area contributed by atoms with Crippen molar-refractivity contribution in [1.82, 2.24) is 9.55 Å². The van der Waals surface area contributed by atoms with Gasteiger partial charge >= 0.3 is 0 Å². The highest BCUT2D eigenvalue weighted by molar-refractivity contribution is 6.30. The smallest absolute Gasteiger partial charge is 0.286 e. The van der Waals surface area contributed by atoms with Crippen LogP contribution in [0.4, 0.5) is 0 Å². The fourth-order valence-electron chi connectivity index (χ4n) is 1.41. The number of aromatic nitrogens is 2. The second kappa shape index (κ2) is 4.39. The van der Waals surface area contributed by atoms with E-state index in [9.17, 15) is 9.59 Å². The van der Waals surface area contributed by atoms with Gasteiger partial charge in [0.25, 0.3) is 11.5 Å². The van der Waals surface area contributed by atoms with Crippen molar-refractivity contribution in [2.24, 2.45) is 5.73 Å². The second-order valence-electron chi connectivity index (χ2n) is 3.30. The van der Waals surface area contributed by atoms with Crippen LogP contribution in [-0.2, 0) is 0 Å². The van der Waals surface area contributed by atoms with Gasteiger partial charge in [-0.2, -0.15) is 0 Å². The third kappa shape index (κ3) is 2.19. The first-order valence-electron chi connectivity index (χ1n) is 4.73. The molecule has 0 saturated heterocycles. The number of carbonyl (C=O) groups is 1. The topological polar surface area (TPSA) is 78.0 Å². The van der Waals surface area contributed by atoms with E-state index in [4.69, 9.17) is 17.3 Å². The van der Waals surface area contributed by atoms with Crippen LogP contribution < -0.4 is 11.3 Å². The van der Waals surface area contributed by atoms with E-state index in [1.54, 1.807) is 24.3 Å². The molecular weight excluding hydrogens is 242 g/mol. The number of carbonyl (C=O) groups excluding carboxylic acids is 1. The summed E-state index contributed by atoms with van der Waals surface area (Å²) in [6, 6.07) is 6.69. The van der Waals surface area contributed by atoms with Crippen LogP contribution in [0.2, 0.25) is 5.02 Å². The quantitative estimate of drug-likeness (QED) is 0.862. The Morgan fingerprint density at radius 1 is 1.41 bits per heavy atom. The lowest BCUT2D eigenvalue weighted by atomic mass is 10.3. The number of amides is 1. The van der Waals surface area contributed by atoms with Crippen LogP contribution in [0.15, 0.2) is 41.5 Å². The van der Waals surface area contributed by atoms with Gasteiger partial charge in [-0.05, 0) is 18.2 Å². The molecule has 0 atom stereocenters. The molecule has 2 aromatic rings. The summed E-state index contributed by atoms with van der Waals surface area (Å²) in [7, 11) is 0. The second-order valence-corrected chi connectivity index (χ2v) is 3.73. The number of nitrogens with zero attached hydrogens (tertiary/aromatic N) is 2. The molecule has 0 radical (unpaired) electrons. The number of nitrogens with two attached hydrogens (primary N) is 1. The Hall–Kier alpha value is -2.14. The molecular formula is C11H8ClN3O2. The predicted octanol–water partition coefficient (Wildman–Crippen LogP) is 0.985. The summed E-state index contributed by atoms with van der Waals surface area (Å²) in [4.78, 5) is 26.5. The van der Waals surface area contributed by atoms with E-state index in [1.807, 2.05) is 0 Å². The Morgan fingerprint density at radius 3 is 2.82 bits per heavy atom. The third-order valence-corrected chi connectivity index (χ3v) is 2.40. The molecule has 1 aromatic heterocycles. The highest BCUT2D eigenvalue weighted by Crippen LogP contribution is 2.12. The Bertz CT molecular complexity index is 637. The fourth-order valence-corrected chi connectivity index (χ4v) is 1.59. The van der Waals surface area contributed by atoms with Crippen LogP contribution in [0.1, 0.15) is 10.5 Å². The summed E-state index contributed by atoms with van der Waals surface area (Å²) in [6.07, 6.45) is 2.78.